The lowest BCUT2D eigenvalue weighted by Crippen LogP contribution is -2.05. The Labute approximate surface area is 47.5 Å². The van der Waals surface area contributed by atoms with Crippen LogP contribution in [0, 0.1) is 12.3 Å². The van der Waals surface area contributed by atoms with Gasteiger partial charge in [-0.25, -0.2) is 0 Å². The van der Waals surface area contributed by atoms with Crippen LogP contribution in [0.3, 0.4) is 0 Å². The van der Waals surface area contributed by atoms with Crippen LogP contribution in [0.15, 0.2) is 0 Å². The number of hydrogen-bond donors (Lipinski definition) is 0. The fraction of sp³-hybridized carbons (Fsp3) is 0.667. The Kier molecular flexibility index (Phi) is 2.78. The Morgan fingerprint density at radius 2 is 2.00 bits per heavy atom. The van der Waals surface area contributed by atoms with Gasteiger partial charge in [-0.05, 0) is 0 Å². The fourth-order valence-corrected chi connectivity index (χ4v) is 0.577. The molecule has 0 nitrogen and oxygen atoms in total. The van der Waals surface area contributed by atoms with Crippen molar-refractivity contribution in [2.45, 2.75) is 25.6 Å². The molecule has 0 aliphatic carbocycles. The first-order valence-corrected chi connectivity index (χ1v) is 5.62. The maximum atomic E-state index is 5.16. The highest BCUT2D eigenvalue weighted by Crippen LogP contribution is 2.04. The molecule has 1 atom stereocenters. The van der Waals surface area contributed by atoms with E-state index in [0.717, 1.165) is 0 Å². The van der Waals surface area contributed by atoms with Gasteiger partial charge >= 0.3 is 0 Å². The van der Waals surface area contributed by atoms with E-state index < -0.39 is 8.80 Å². The summed E-state index contributed by atoms with van der Waals surface area (Å²) < 4.78 is 0. The van der Waals surface area contributed by atoms with Crippen molar-refractivity contribution in [3.63, 3.8) is 0 Å². The molecule has 0 aliphatic heterocycles. The average molecular weight is 112 g/mol. The maximum absolute atomic E-state index is 5.16. The van der Waals surface area contributed by atoms with Crippen molar-refractivity contribution in [3.05, 3.63) is 0 Å². The predicted molar refractivity (Wildman–Crippen MR) is 37.1 cm³/mol. The summed E-state index contributed by atoms with van der Waals surface area (Å²) in [7, 11) is -0.501. The van der Waals surface area contributed by atoms with E-state index in [1.807, 2.05) is 0 Å². The molecule has 1 heteroatoms. The highest BCUT2D eigenvalue weighted by Gasteiger charge is 2.01. The normalized spacial score (nSPS) is 13.6. The molecule has 0 aromatic rings. The van der Waals surface area contributed by atoms with E-state index >= 15 is 0 Å². The lowest BCUT2D eigenvalue weighted by molar-refractivity contribution is 1.21. The molecule has 0 aromatic heterocycles. The molecule has 0 bridgehead atoms. The van der Waals surface area contributed by atoms with Gasteiger partial charge in [-0.1, -0.05) is 20.0 Å². The van der Waals surface area contributed by atoms with Crippen LogP contribution >= 0.6 is 0 Å². The fourth-order valence-electron chi connectivity index (χ4n) is 0.192. The van der Waals surface area contributed by atoms with E-state index in [4.69, 9.17) is 6.42 Å². The maximum Gasteiger partial charge on any atom is 0.0479 e. The standard InChI is InChI=1S/C6H12Si/c1-5-6(2)7(3)4/h1,6-7H,2-4H3. The summed E-state index contributed by atoms with van der Waals surface area (Å²) in [6.45, 7) is 6.66. The first kappa shape index (κ1) is 6.78. The topological polar surface area (TPSA) is 0 Å². The first-order chi connectivity index (χ1) is 3.18. The van der Waals surface area contributed by atoms with E-state index in [-0.39, 0.29) is 0 Å². The van der Waals surface area contributed by atoms with Crippen molar-refractivity contribution in [1.29, 1.82) is 0 Å². The van der Waals surface area contributed by atoms with Crippen LogP contribution in [-0.2, 0) is 0 Å². The van der Waals surface area contributed by atoms with Gasteiger partial charge in [0.2, 0.25) is 0 Å². The molecule has 0 rings (SSSR count). The Hall–Kier alpha value is -0.223. The zero-order valence-electron chi connectivity index (χ0n) is 5.23. The third-order valence-corrected chi connectivity index (χ3v) is 3.46. The van der Waals surface area contributed by atoms with Gasteiger partial charge in [0.15, 0.2) is 0 Å². The molecule has 0 fully saturated rings. The molecule has 0 aliphatic rings. The van der Waals surface area contributed by atoms with Crippen LogP contribution in [0.2, 0.25) is 18.6 Å². The van der Waals surface area contributed by atoms with E-state index in [9.17, 15) is 0 Å². The number of terminal acetylenes is 1. The Morgan fingerprint density at radius 1 is 1.57 bits per heavy atom. The van der Waals surface area contributed by atoms with E-state index in [1.54, 1.807) is 0 Å². The van der Waals surface area contributed by atoms with Crippen molar-refractivity contribution in [2.24, 2.45) is 0 Å². The molecule has 7 heavy (non-hydrogen) atoms. The molecule has 0 saturated heterocycles. The van der Waals surface area contributed by atoms with Crippen molar-refractivity contribution < 1.29 is 0 Å². The summed E-state index contributed by atoms with van der Waals surface area (Å²) >= 11 is 0. The van der Waals surface area contributed by atoms with Crippen LogP contribution in [0.25, 0.3) is 0 Å². The smallest absolute Gasteiger partial charge is 0.0479 e. The molecular formula is C6H12Si. The summed E-state index contributed by atoms with van der Waals surface area (Å²) in [6.07, 6.45) is 5.16. The van der Waals surface area contributed by atoms with Gasteiger partial charge in [0.1, 0.15) is 0 Å². The lowest BCUT2D eigenvalue weighted by atomic mass is 10.5. The van der Waals surface area contributed by atoms with Gasteiger partial charge < -0.3 is 0 Å². The Morgan fingerprint density at radius 3 is 2.00 bits per heavy atom. The summed E-state index contributed by atoms with van der Waals surface area (Å²) in [6, 6.07) is 0. The molecular weight excluding hydrogens is 100 g/mol. The monoisotopic (exact) mass is 112 g/mol. The van der Waals surface area contributed by atoms with Crippen molar-refractivity contribution in [1.82, 2.24) is 0 Å². The molecule has 0 aromatic carbocycles. The van der Waals surface area contributed by atoms with E-state index in [0.29, 0.717) is 5.54 Å². The van der Waals surface area contributed by atoms with Gasteiger partial charge in [-0.15, -0.1) is 12.3 Å². The van der Waals surface area contributed by atoms with Gasteiger partial charge in [0.05, 0.1) is 0 Å². The average Bonchev–Trinajstić information content (AvgIpc) is 1.65. The summed E-state index contributed by atoms with van der Waals surface area (Å²) in [5.41, 5.74) is 0.569. The summed E-state index contributed by atoms with van der Waals surface area (Å²) in [5, 5.41) is 0. The van der Waals surface area contributed by atoms with Crippen LogP contribution in [0.5, 0.6) is 0 Å². The van der Waals surface area contributed by atoms with Gasteiger partial charge in [0, 0.05) is 14.3 Å². The Balaban J connectivity index is 3.40. The second kappa shape index (κ2) is 2.87. The van der Waals surface area contributed by atoms with Crippen LogP contribution in [0.4, 0.5) is 0 Å². The van der Waals surface area contributed by atoms with Crippen LogP contribution < -0.4 is 0 Å². The van der Waals surface area contributed by atoms with Crippen LogP contribution in [0.1, 0.15) is 6.92 Å². The van der Waals surface area contributed by atoms with Crippen LogP contribution in [-0.4, -0.2) is 8.80 Å². The third-order valence-electron chi connectivity index (χ3n) is 1.26. The van der Waals surface area contributed by atoms with Crippen molar-refractivity contribution in [2.75, 3.05) is 0 Å². The minimum absolute atomic E-state index is 0.501. The second-order valence-electron chi connectivity index (χ2n) is 2.20. The highest BCUT2D eigenvalue weighted by atomic mass is 28.3. The van der Waals surface area contributed by atoms with Crippen molar-refractivity contribution >= 4 is 8.80 Å². The summed E-state index contributed by atoms with van der Waals surface area (Å²) in [5.74, 6) is 2.73. The molecule has 0 saturated carbocycles. The highest BCUT2D eigenvalue weighted by molar-refractivity contribution is 6.58. The van der Waals surface area contributed by atoms with Gasteiger partial charge in [-0.3, -0.25) is 0 Å². The molecule has 1 unspecified atom stereocenters. The zero-order valence-corrected chi connectivity index (χ0v) is 6.39. The first-order valence-electron chi connectivity index (χ1n) is 2.64. The molecule has 0 heterocycles. The molecule has 0 N–H and O–H groups in total. The molecule has 40 valence electrons. The van der Waals surface area contributed by atoms with Gasteiger partial charge in [0.25, 0.3) is 0 Å². The second-order valence-corrected chi connectivity index (χ2v) is 5.69. The Bertz CT molecular complexity index is 78.7. The molecule has 0 amide bonds. The van der Waals surface area contributed by atoms with E-state index in [1.165, 1.54) is 0 Å². The van der Waals surface area contributed by atoms with Gasteiger partial charge in [-0.2, -0.15) is 0 Å². The lowest BCUT2D eigenvalue weighted by Gasteiger charge is -2.02. The zero-order chi connectivity index (χ0) is 5.86. The molecule has 0 spiro atoms. The third kappa shape index (κ3) is 2.47. The minimum Gasteiger partial charge on any atom is -0.120 e. The predicted octanol–water partition coefficient (Wildman–Crippen LogP) is 1.50. The minimum atomic E-state index is -0.501. The SMILES string of the molecule is C#CC(C)[SiH](C)C. The molecule has 0 radical (unpaired) electrons. The quantitative estimate of drug-likeness (QED) is 0.356. The summed E-state index contributed by atoms with van der Waals surface area (Å²) in [4.78, 5) is 0. The number of hydrogen-bond acceptors (Lipinski definition) is 0. The largest absolute Gasteiger partial charge is 0.120 e. The van der Waals surface area contributed by atoms with Crippen molar-refractivity contribution in [3.8, 4) is 12.3 Å². The number of rotatable bonds is 1. The van der Waals surface area contributed by atoms with E-state index in [2.05, 4.69) is 25.9 Å².